The lowest BCUT2D eigenvalue weighted by Crippen LogP contribution is -2.18. The maximum atomic E-state index is 12.5. The van der Waals surface area contributed by atoms with E-state index in [1.54, 1.807) is 6.92 Å². The van der Waals surface area contributed by atoms with Gasteiger partial charge in [0.25, 0.3) is 0 Å². The second-order valence-corrected chi connectivity index (χ2v) is 3.74. The lowest BCUT2D eigenvalue weighted by molar-refractivity contribution is -0.143. The lowest BCUT2D eigenvalue weighted by atomic mass is 10.0. The Balaban J connectivity index is 2.80. The minimum atomic E-state index is -4.42. The Morgan fingerprint density at radius 2 is 2.11 bits per heavy atom. The number of nitrogens with two attached hydrogens (primary N) is 1. The zero-order chi connectivity index (χ0) is 13.8. The van der Waals surface area contributed by atoms with Crippen molar-refractivity contribution in [2.45, 2.75) is 25.6 Å². The van der Waals surface area contributed by atoms with Crippen molar-refractivity contribution in [1.29, 1.82) is 0 Å². The molecule has 0 amide bonds. The third-order valence-corrected chi connectivity index (χ3v) is 2.33. The van der Waals surface area contributed by atoms with Gasteiger partial charge in [0.15, 0.2) is 0 Å². The molecule has 6 heteroatoms. The Bertz CT molecular complexity index is 418. The number of esters is 1. The van der Waals surface area contributed by atoms with Gasteiger partial charge in [0, 0.05) is 6.04 Å². The van der Waals surface area contributed by atoms with Crippen molar-refractivity contribution in [2.75, 3.05) is 6.61 Å². The van der Waals surface area contributed by atoms with Crippen molar-refractivity contribution in [3.63, 3.8) is 0 Å². The van der Waals surface area contributed by atoms with E-state index in [9.17, 15) is 18.0 Å². The van der Waals surface area contributed by atoms with Gasteiger partial charge in [0.2, 0.25) is 0 Å². The summed E-state index contributed by atoms with van der Waals surface area (Å²) in [4.78, 5) is 11.2. The molecule has 0 unspecified atom stereocenters. The summed E-state index contributed by atoms with van der Waals surface area (Å²) in [6.45, 7) is 1.86. The standard InChI is InChI=1S/C12H14F3NO2/c1-2-18-11(17)7-10(16)8-4-3-5-9(6-8)12(13,14)15/h3-6,10H,2,7,16H2,1H3/t10-/m1/s1. The van der Waals surface area contributed by atoms with E-state index in [0.717, 1.165) is 12.1 Å². The lowest BCUT2D eigenvalue weighted by Gasteiger charge is -2.13. The highest BCUT2D eigenvalue weighted by Gasteiger charge is 2.30. The quantitative estimate of drug-likeness (QED) is 0.848. The summed E-state index contributed by atoms with van der Waals surface area (Å²) in [5.74, 6) is -0.526. The number of carbonyl (C=O) groups is 1. The molecule has 0 spiro atoms. The second-order valence-electron chi connectivity index (χ2n) is 3.74. The summed E-state index contributed by atoms with van der Waals surface area (Å²) in [6, 6.07) is 3.83. The molecule has 0 aliphatic heterocycles. The first-order chi connectivity index (χ1) is 8.34. The predicted octanol–water partition coefficient (Wildman–Crippen LogP) is 2.66. The van der Waals surface area contributed by atoms with Gasteiger partial charge in [-0.1, -0.05) is 12.1 Å². The van der Waals surface area contributed by atoms with E-state index in [1.165, 1.54) is 12.1 Å². The Hall–Kier alpha value is -1.56. The number of benzene rings is 1. The molecule has 100 valence electrons. The van der Waals surface area contributed by atoms with Crippen LogP contribution >= 0.6 is 0 Å². The molecule has 0 fully saturated rings. The highest BCUT2D eigenvalue weighted by molar-refractivity contribution is 5.70. The normalized spacial score (nSPS) is 13.2. The number of halogens is 3. The van der Waals surface area contributed by atoms with E-state index in [0.29, 0.717) is 0 Å². The SMILES string of the molecule is CCOC(=O)C[C@@H](N)c1cccc(C(F)(F)F)c1. The fourth-order valence-corrected chi connectivity index (χ4v) is 1.46. The zero-order valence-corrected chi connectivity index (χ0v) is 9.83. The predicted molar refractivity (Wildman–Crippen MR) is 59.6 cm³/mol. The first kappa shape index (κ1) is 14.5. The molecule has 0 bridgehead atoms. The summed E-state index contributed by atoms with van der Waals surface area (Å²) < 4.78 is 42.1. The van der Waals surface area contributed by atoms with Crippen molar-refractivity contribution in [3.05, 3.63) is 35.4 Å². The summed E-state index contributed by atoms with van der Waals surface area (Å²) in [7, 11) is 0. The fourth-order valence-electron chi connectivity index (χ4n) is 1.46. The number of hydrogen-bond donors (Lipinski definition) is 1. The second kappa shape index (κ2) is 5.86. The summed E-state index contributed by atoms with van der Waals surface area (Å²) in [6.07, 6.45) is -4.56. The molecule has 1 aromatic rings. The molecule has 0 aliphatic rings. The largest absolute Gasteiger partial charge is 0.466 e. The van der Waals surface area contributed by atoms with Crippen molar-refractivity contribution in [3.8, 4) is 0 Å². The van der Waals surface area contributed by atoms with Crippen LogP contribution < -0.4 is 5.73 Å². The molecule has 0 aliphatic carbocycles. The maximum Gasteiger partial charge on any atom is 0.416 e. The molecular weight excluding hydrogens is 247 g/mol. The third kappa shape index (κ3) is 4.03. The number of carbonyl (C=O) groups excluding carboxylic acids is 1. The van der Waals surface area contributed by atoms with Crippen LogP contribution in [0.1, 0.15) is 30.5 Å². The van der Waals surface area contributed by atoms with Crippen LogP contribution in [0.25, 0.3) is 0 Å². The minimum absolute atomic E-state index is 0.144. The van der Waals surface area contributed by atoms with Gasteiger partial charge >= 0.3 is 12.1 Å². The van der Waals surface area contributed by atoms with Crippen LogP contribution in [-0.2, 0) is 15.7 Å². The Morgan fingerprint density at radius 3 is 2.67 bits per heavy atom. The molecule has 0 saturated carbocycles. The van der Waals surface area contributed by atoms with Gasteiger partial charge in [0.1, 0.15) is 0 Å². The molecule has 18 heavy (non-hydrogen) atoms. The Morgan fingerprint density at radius 1 is 1.44 bits per heavy atom. The van der Waals surface area contributed by atoms with Crippen LogP contribution in [0.4, 0.5) is 13.2 Å². The first-order valence-electron chi connectivity index (χ1n) is 5.43. The van der Waals surface area contributed by atoms with E-state index < -0.39 is 23.8 Å². The zero-order valence-electron chi connectivity index (χ0n) is 9.83. The van der Waals surface area contributed by atoms with Crippen molar-refractivity contribution in [1.82, 2.24) is 0 Å². The molecule has 0 heterocycles. The van der Waals surface area contributed by atoms with Crippen molar-refractivity contribution in [2.24, 2.45) is 5.73 Å². The van der Waals surface area contributed by atoms with E-state index in [-0.39, 0.29) is 18.6 Å². The molecular formula is C12H14F3NO2. The Labute approximate surface area is 103 Å². The number of ether oxygens (including phenoxy) is 1. The van der Waals surface area contributed by atoms with Gasteiger partial charge in [-0.3, -0.25) is 4.79 Å². The molecule has 0 saturated heterocycles. The summed E-state index contributed by atoms with van der Waals surface area (Å²) >= 11 is 0. The van der Waals surface area contributed by atoms with Crippen LogP contribution in [0.15, 0.2) is 24.3 Å². The average Bonchev–Trinajstić information content (AvgIpc) is 2.28. The number of hydrogen-bond acceptors (Lipinski definition) is 3. The third-order valence-electron chi connectivity index (χ3n) is 2.33. The molecule has 1 aromatic carbocycles. The fraction of sp³-hybridized carbons (Fsp3) is 0.417. The maximum absolute atomic E-state index is 12.5. The average molecular weight is 261 g/mol. The van der Waals surface area contributed by atoms with E-state index in [2.05, 4.69) is 0 Å². The molecule has 2 N–H and O–H groups in total. The van der Waals surface area contributed by atoms with Gasteiger partial charge in [-0.25, -0.2) is 0 Å². The Kier molecular flexibility index (Phi) is 4.72. The summed E-state index contributed by atoms with van der Waals surface area (Å²) in [5.41, 5.74) is 5.15. The van der Waals surface area contributed by atoms with Gasteiger partial charge < -0.3 is 10.5 Å². The van der Waals surface area contributed by atoms with Gasteiger partial charge in [0.05, 0.1) is 18.6 Å². The molecule has 1 atom stereocenters. The van der Waals surface area contributed by atoms with E-state index in [1.807, 2.05) is 0 Å². The van der Waals surface area contributed by atoms with E-state index in [4.69, 9.17) is 10.5 Å². The van der Waals surface area contributed by atoms with Crippen molar-refractivity contribution < 1.29 is 22.7 Å². The van der Waals surface area contributed by atoms with Gasteiger partial charge in [-0.05, 0) is 24.6 Å². The van der Waals surface area contributed by atoms with Crippen LogP contribution in [0, 0.1) is 0 Å². The molecule has 3 nitrogen and oxygen atoms in total. The first-order valence-corrected chi connectivity index (χ1v) is 5.43. The highest BCUT2D eigenvalue weighted by Crippen LogP contribution is 2.30. The number of rotatable bonds is 4. The van der Waals surface area contributed by atoms with Crippen LogP contribution in [0.5, 0.6) is 0 Å². The monoisotopic (exact) mass is 261 g/mol. The smallest absolute Gasteiger partial charge is 0.416 e. The topological polar surface area (TPSA) is 52.3 Å². The van der Waals surface area contributed by atoms with Gasteiger partial charge in [-0.2, -0.15) is 13.2 Å². The van der Waals surface area contributed by atoms with Gasteiger partial charge in [-0.15, -0.1) is 0 Å². The van der Waals surface area contributed by atoms with Crippen molar-refractivity contribution >= 4 is 5.97 Å². The molecule has 1 rings (SSSR count). The summed E-state index contributed by atoms with van der Waals surface area (Å²) in [5, 5.41) is 0. The van der Waals surface area contributed by atoms with Crippen LogP contribution in [0.3, 0.4) is 0 Å². The minimum Gasteiger partial charge on any atom is -0.466 e. The highest BCUT2D eigenvalue weighted by atomic mass is 19.4. The molecule has 0 aromatic heterocycles. The number of alkyl halides is 3. The molecule has 0 radical (unpaired) electrons. The van der Waals surface area contributed by atoms with E-state index >= 15 is 0 Å². The van der Waals surface area contributed by atoms with Crippen LogP contribution in [0.2, 0.25) is 0 Å². The van der Waals surface area contributed by atoms with Crippen LogP contribution in [-0.4, -0.2) is 12.6 Å².